The molecule has 1 unspecified atom stereocenters. The summed E-state index contributed by atoms with van der Waals surface area (Å²) in [5.41, 5.74) is -0.659. The fourth-order valence-electron chi connectivity index (χ4n) is 1.60. The summed E-state index contributed by atoms with van der Waals surface area (Å²) in [6.45, 7) is 5.61. The van der Waals surface area contributed by atoms with Gasteiger partial charge in [-0.3, -0.25) is 0 Å². The molecule has 5 heteroatoms. The Hall–Kier alpha value is -1.23. The summed E-state index contributed by atoms with van der Waals surface area (Å²) in [6, 6.07) is 4.77. The van der Waals surface area contributed by atoms with Gasteiger partial charge in [0, 0.05) is 6.54 Å². The van der Waals surface area contributed by atoms with Crippen molar-refractivity contribution in [1.29, 1.82) is 0 Å². The zero-order valence-corrected chi connectivity index (χ0v) is 11.3. The Morgan fingerprint density at radius 3 is 2.37 bits per heavy atom. The summed E-state index contributed by atoms with van der Waals surface area (Å²) in [7, 11) is 0. The Morgan fingerprint density at radius 1 is 1.21 bits per heavy atom. The van der Waals surface area contributed by atoms with E-state index in [4.69, 9.17) is 4.74 Å². The van der Waals surface area contributed by atoms with Crippen LogP contribution in [0.4, 0.5) is 13.2 Å². The molecule has 0 aliphatic carbocycles. The number of halogens is 3. The molecule has 0 radical (unpaired) electrons. The van der Waals surface area contributed by atoms with E-state index in [1.165, 1.54) is 12.1 Å². The maximum Gasteiger partial charge on any atom is 0.416 e. The molecule has 0 spiro atoms. The van der Waals surface area contributed by atoms with E-state index in [0.717, 1.165) is 31.5 Å². The number of hydrogen-bond acceptors (Lipinski definition) is 2. The van der Waals surface area contributed by atoms with Crippen molar-refractivity contribution in [3.63, 3.8) is 0 Å². The van der Waals surface area contributed by atoms with Crippen molar-refractivity contribution < 1.29 is 17.9 Å². The average Bonchev–Trinajstić information content (AvgIpc) is 2.34. The lowest BCUT2D eigenvalue weighted by molar-refractivity contribution is -0.137. The molecule has 0 aliphatic rings. The summed E-state index contributed by atoms with van der Waals surface area (Å²) in [6.07, 6.45) is -2.14. The second-order valence-electron chi connectivity index (χ2n) is 4.51. The van der Waals surface area contributed by atoms with Gasteiger partial charge in [-0.05, 0) is 44.2 Å². The highest BCUT2D eigenvalue weighted by molar-refractivity contribution is 5.28. The van der Waals surface area contributed by atoms with Crippen LogP contribution in [0.2, 0.25) is 0 Å². The topological polar surface area (TPSA) is 21.3 Å². The van der Waals surface area contributed by atoms with Gasteiger partial charge in [-0.15, -0.1) is 0 Å². The van der Waals surface area contributed by atoms with Crippen molar-refractivity contribution in [2.75, 3.05) is 13.1 Å². The maximum absolute atomic E-state index is 12.4. The molecular weight excluding hydrogens is 255 g/mol. The van der Waals surface area contributed by atoms with E-state index in [-0.39, 0.29) is 6.10 Å². The molecule has 0 amide bonds. The summed E-state index contributed by atoms with van der Waals surface area (Å²) in [5.74, 6) is 0.456. The van der Waals surface area contributed by atoms with Crippen molar-refractivity contribution in [3.8, 4) is 5.75 Å². The number of nitrogens with one attached hydrogen (secondary N) is 1. The van der Waals surface area contributed by atoms with Crippen LogP contribution in [-0.2, 0) is 6.18 Å². The van der Waals surface area contributed by atoms with Crippen LogP contribution < -0.4 is 10.1 Å². The lowest BCUT2D eigenvalue weighted by Crippen LogP contribution is -2.29. The molecule has 0 saturated heterocycles. The van der Waals surface area contributed by atoms with Crippen molar-refractivity contribution in [3.05, 3.63) is 29.8 Å². The SMILES string of the molecule is CCCCNCC(C)Oc1ccc(C(F)(F)F)cc1. The van der Waals surface area contributed by atoms with Crippen LogP contribution in [0.1, 0.15) is 32.3 Å². The standard InChI is InChI=1S/C14H20F3NO/c1-3-4-9-18-10-11(2)19-13-7-5-12(6-8-13)14(15,16)17/h5-8,11,18H,3-4,9-10H2,1-2H3. The Balaban J connectivity index is 2.40. The second kappa shape index (κ2) is 7.38. The molecule has 1 aromatic rings. The fourth-order valence-corrected chi connectivity index (χ4v) is 1.60. The highest BCUT2D eigenvalue weighted by atomic mass is 19.4. The van der Waals surface area contributed by atoms with Crippen LogP contribution in [0.25, 0.3) is 0 Å². The summed E-state index contributed by atoms with van der Waals surface area (Å²) < 4.78 is 42.6. The Bertz CT molecular complexity index is 362. The number of hydrogen-bond donors (Lipinski definition) is 1. The minimum atomic E-state index is -4.30. The van der Waals surface area contributed by atoms with E-state index >= 15 is 0 Å². The Labute approximate surface area is 112 Å². The zero-order valence-electron chi connectivity index (χ0n) is 11.3. The molecule has 1 atom stereocenters. The first-order valence-electron chi connectivity index (χ1n) is 6.48. The molecular formula is C14H20F3NO. The van der Waals surface area contributed by atoms with E-state index in [2.05, 4.69) is 12.2 Å². The van der Waals surface area contributed by atoms with Crippen LogP contribution in [-0.4, -0.2) is 19.2 Å². The summed E-state index contributed by atoms with van der Waals surface area (Å²) >= 11 is 0. The van der Waals surface area contributed by atoms with E-state index in [9.17, 15) is 13.2 Å². The molecule has 1 aromatic carbocycles. The van der Waals surface area contributed by atoms with Crippen LogP contribution >= 0.6 is 0 Å². The molecule has 0 aromatic heterocycles. The molecule has 0 fully saturated rings. The number of benzene rings is 1. The minimum absolute atomic E-state index is 0.0754. The van der Waals surface area contributed by atoms with Gasteiger partial charge in [0.25, 0.3) is 0 Å². The molecule has 1 rings (SSSR count). The van der Waals surface area contributed by atoms with Crippen LogP contribution in [0.5, 0.6) is 5.75 Å². The number of ether oxygens (including phenoxy) is 1. The average molecular weight is 275 g/mol. The first-order chi connectivity index (χ1) is 8.93. The molecule has 0 saturated carbocycles. The van der Waals surface area contributed by atoms with E-state index in [1.807, 2.05) is 6.92 Å². The normalized spacial score (nSPS) is 13.3. The maximum atomic E-state index is 12.4. The predicted molar refractivity (Wildman–Crippen MR) is 69.3 cm³/mol. The summed E-state index contributed by atoms with van der Waals surface area (Å²) in [5, 5.41) is 3.24. The highest BCUT2D eigenvalue weighted by Gasteiger charge is 2.30. The van der Waals surface area contributed by atoms with Crippen molar-refractivity contribution in [1.82, 2.24) is 5.32 Å². The van der Waals surface area contributed by atoms with Crippen molar-refractivity contribution in [2.24, 2.45) is 0 Å². The van der Waals surface area contributed by atoms with Gasteiger partial charge in [0.1, 0.15) is 11.9 Å². The van der Waals surface area contributed by atoms with Gasteiger partial charge in [-0.2, -0.15) is 13.2 Å². The van der Waals surface area contributed by atoms with Crippen LogP contribution in [0, 0.1) is 0 Å². The second-order valence-corrected chi connectivity index (χ2v) is 4.51. The Morgan fingerprint density at radius 2 is 1.84 bits per heavy atom. The largest absolute Gasteiger partial charge is 0.489 e. The van der Waals surface area contributed by atoms with Gasteiger partial charge < -0.3 is 10.1 Å². The molecule has 0 bridgehead atoms. The van der Waals surface area contributed by atoms with Gasteiger partial charge >= 0.3 is 6.18 Å². The lowest BCUT2D eigenvalue weighted by atomic mass is 10.2. The Kier molecular flexibility index (Phi) is 6.15. The third-order valence-electron chi connectivity index (χ3n) is 2.66. The van der Waals surface area contributed by atoms with Crippen LogP contribution in [0.15, 0.2) is 24.3 Å². The predicted octanol–water partition coefficient (Wildman–Crippen LogP) is 3.86. The number of alkyl halides is 3. The first-order valence-corrected chi connectivity index (χ1v) is 6.48. The van der Waals surface area contributed by atoms with Gasteiger partial charge in [-0.25, -0.2) is 0 Å². The van der Waals surface area contributed by atoms with E-state index in [0.29, 0.717) is 12.3 Å². The molecule has 0 heterocycles. The number of rotatable bonds is 7. The molecule has 0 aliphatic heterocycles. The molecule has 108 valence electrons. The van der Waals surface area contributed by atoms with Crippen LogP contribution in [0.3, 0.4) is 0 Å². The number of unbranched alkanes of at least 4 members (excludes halogenated alkanes) is 1. The monoisotopic (exact) mass is 275 g/mol. The van der Waals surface area contributed by atoms with Gasteiger partial charge in [-0.1, -0.05) is 13.3 Å². The zero-order chi connectivity index (χ0) is 14.3. The van der Waals surface area contributed by atoms with Gasteiger partial charge in [0.05, 0.1) is 5.56 Å². The quantitative estimate of drug-likeness (QED) is 0.763. The third-order valence-corrected chi connectivity index (χ3v) is 2.66. The van der Waals surface area contributed by atoms with Gasteiger partial charge in [0.15, 0.2) is 0 Å². The lowest BCUT2D eigenvalue weighted by Gasteiger charge is -2.16. The highest BCUT2D eigenvalue weighted by Crippen LogP contribution is 2.30. The summed E-state index contributed by atoms with van der Waals surface area (Å²) in [4.78, 5) is 0. The van der Waals surface area contributed by atoms with Crippen molar-refractivity contribution >= 4 is 0 Å². The molecule has 1 N–H and O–H groups in total. The molecule has 19 heavy (non-hydrogen) atoms. The third kappa shape index (κ3) is 5.96. The van der Waals surface area contributed by atoms with Gasteiger partial charge in [0.2, 0.25) is 0 Å². The minimum Gasteiger partial charge on any atom is -0.489 e. The van der Waals surface area contributed by atoms with E-state index < -0.39 is 11.7 Å². The first kappa shape index (κ1) is 15.8. The van der Waals surface area contributed by atoms with E-state index in [1.54, 1.807) is 0 Å². The van der Waals surface area contributed by atoms with Crippen molar-refractivity contribution in [2.45, 2.75) is 39.0 Å². The smallest absolute Gasteiger partial charge is 0.416 e. The molecule has 2 nitrogen and oxygen atoms in total. The fraction of sp³-hybridized carbons (Fsp3) is 0.571.